The second kappa shape index (κ2) is 7.60. The predicted octanol–water partition coefficient (Wildman–Crippen LogP) is 3.37. The molecule has 0 aliphatic heterocycles. The molecule has 0 amide bonds. The standard InChI is InChI=1S/C11H28O3Si2/c1-7-16(8-2,9-3)14-10-11-15(6,12-4)13-5/h7-11H2,1-6H3. The molecule has 0 unspecified atom stereocenters. The average Bonchev–Trinajstić information content (AvgIpc) is 2.35. The van der Waals surface area contributed by atoms with Crippen LogP contribution in [0.15, 0.2) is 0 Å². The molecule has 0 saturated heterocycles. The van der Waals surface area contributed by atoms with Gasteiger partial charge in [-0.1, -0.05) is 20.8 Å². The van der Waals surface area contributed by atoms with Crippen molar-refractivity contribution in [1.29, 1.82) is 0 Å². The third-order valence-corrected chi connectivity index (χ3v) is 11.3. The zero-order valence-corrected chi connectivity index (χ0v) is 13.8. The van der Waals surface area contributed by atoms with Crippen molar-refractivity contribution in [2.45, 2.75) is 51.5 Å². The van der Waals surface area contributed by atoms with Gasteiger partial charge < -0.3 is 13.3 Å². The molecule has 3 nitrogen and oxygen atoms in total. The summed E-state index contributed by atoms with van der Waals surface area (Å²) in [6.45, 7) is 9.64. The average molecular weight is 265 g/mol. The van der Waals surface area contributed by atoms with Crippen molar-refractivity contribution in [1.82, 2.24) is 0 Å². The molecular formula is C11H28O3Si2. The second-order valence-corrected chi connectivity index (χ2v) is 12.7. The Kier molecular flexibility index (Phi) is 7.75. The maximum absolute atomic E-state index is 6.19. The molecule has 0 fully saturated rings. The normalized spacial score (nSPS) is 13.1. The topological polar surface area (TPSA) is 27.7 Å². The Morgan fingerprint density at radius 1 is 0.875 bits per heavy atom. The molecule has 0 N–H and O–H groups in total. The van der Waals surface area contributed by atoms with E-state index in [0.717, 1.165) is 12.7 Å². The Balaban J connectivity index is 4.13. The fraction of sp³-hybridized carbons (Fsp3) is 1.00. The Morgan fingerprint density at radius 2 is 1.31 bits per heavy atom. The van der Waals surface area contributed by atoms with Crippen LogP contribution in [-0.4, -0.2) is 37.7 Å². The maximum atomic E-state index is 6.19. The van der Waals surface area contributed by atoms with Crippen LogP contribution in [0.3, 0.4) is 0 Å². The van der Waals surface area contributed by atoms with Gasteiger partial charge in [0, 0.05) is 26.9 Å². The molecule has 98 valence electrons. The van der Waals surface area contributed by atoms with E-state index < -0.39 is 16.9 Å². The summed E-state index contributed by atoms with van der Waals surface area (Å²) in [5.74, 6) is 0. The van der Waals surface area contributed by atoms with Crippen molar-refractivity contribution in [3.05, 3.63) is 0 Å². The van der Waals surface area contributed by atoms with Gasteiger partial charge in [-0.15, -0.1) is 0 Å². The first-order valence-electron chi connectivity index (χ1n) is 6.25. The highest BCUT2D eigenvalue weighted by Gasteiger charge is 2.32. The lowest BCUT2D eigenvalue weighted by molar-refractivity contribution is 0.231. The number of hydrogen-bond acceptors (Lipinski definition) is 3. The molecule has 0 bridgehead atoms. The summed E-state index contributed by atoms with van der Waals surface area (Å²) in [6, 6.07) is 4.55. The molecule has 0 radical (unpaired) electrons. The Labute approximate surface area is 103 Å². The Morgan fingerprint density at radius 3 is 1.62 bits per heavy atom. The fourth-order valence-electron chi connectivity index (χ4n) is 1.80. The van der Waals surface area contributed by atoms with E-state index >= 15 is 0 Å². The highest BCUT2D eigenvalue weighted by Crippen LogP contribution is 2.23. The van der Waals surface area contributed by atoms with E-state index in [0.29, 0.717) is 0 Å². The van der Waals surface area contributed by atoms with Gasteiger partial charge in [0.05, 0.1) is 0 Å². The van der Waals surface area contributed by atoms with Crippen LogP contribution in [0.1, 0.15) is 20.8 Å². The summed E-state index contributed by atoms with van der Waals surface area (Å²) in [6.07, 6.45) is 0. The van der Waals surface area contributed by atoms with Crippen molar-refractivity contribution in [2.75, 3.05) is 20.8 Å². The summed E-state index contributed by atoms with van der Waals surface area (Å²) in [4.78, 5) is 0. The Bertz CT molecular complexity index is 172. The van der Waals surface area contributed by atoms with E-state index in [-0.39, 0.29) is 0 Å². The first kappa shape index (κ1) is 16.3. The lowest BCUT2D eigenvalue weighted by Gasteiger charge is -2.30. The summed E-state index contributed by atoms with van der Waals surface area (Å²) in [5.41, 5.74) is 0. The zero-order valence-electron chi connectivity index (χ0n) is 11.8. The lowest BCUT2D eigenvalue weighted by Crippen LogP contribution is -2.41. The van der Waals surface area contributed by atoms with Crippen LogP contribution >= 0.6 is 0 Å². The molecule has 0 aromatic carbocycles. The first-order chi connectivity index (χ1) is 7.51. The predicted molar refractivity (Wildman–Crippen MR) is 73.6 cm³/mol. The smallest absolute Gasteiger partial charge is 0.336 e. The molecule has 0 saturated carbocycles. The van der Waals surface area contributed by atoms with Gasteiger partial charge in [-0.2, -0.15) is 0 Å². The molecule has 0 aromatic rings. The van der Waals surface area contributed by atoms with Crippen LogP contribution < -0.4 is 0 Å². The van der Waals surface area contributed by atoms with Crippen LogP contribution in [0.25, 0.3) is 0 Å². The maximum Gasteiger partial charge on any atom is 0.336 e. The van der Waals surface area contributed by atoms with Gasteiger partial charge in [-0.3, -0.25) is 0 Å². The molecule has 0 spiro atoms. The van der Waals surface area contributed by atoms with Crippen LogP contribution in [0.4, 0.5) is 0 Å². The minimum atomic E-state index is -1.94. The third kappa shape index (κ3) is 4.67. The number of rotatable bonds is 9. The van der Waals surface area contributed by atoms with Gasteiger partial charge in [0.2, 0.25) is 0 Å². The van der Waals surface area contributed by atoms with Crippen molar-refractivity contribution in [3.8, 4) is 0 Å². The van der Waals surface area contributed by atoms with E-state index in [1.54, 1.807) is 14.2 Å². The summed E-state index contributed by atoms with van der Waals surface area (Å²) in [7, 11) is 0.102. The summed E-state index contributed by atoms with van der Waals surface area (Å²) < 4.78 is 17.1. The minimum Gasteiger partial charge on any atom is -0.417 e. The zero-order chi connectivity index (χ0) is 12.7. The van der Waals surface area contributed by atoms with Crippen LogP contribution in [0.2, 0.25) is 30.7 Å². The van der Waals surface area contributed by atoms with Gasteiger partial charge in [0.1, 0.15) is 0 Å². The van der Waals surface area contributed by atoms with Crippen molar-refractivity contribution < 1.29 is 13.3 Å². The van der Waals surface area contributed by atoms with Crippen molar-refractivity contribution in [3.63, 3.8) is 0 Å². The van der Waals surface area contributed by atoms with E-state index in [1.165, 1.54) is 18.1 Å². The summed E-state index contributed by atoms with van der Waals surface area (Å²) >= 11 is 0. The molecule has 5 heteroatoms. The van der Waals surface area contributed by atoms with Gasteiger partial charge in [-0.25, -0.2) is 0 Å². The van der Waals surface area contributed by atoms with Gasteiger partial charge >= 0.3 is 8.56 Å². The summed E-state index contributed by atoms with van der Waals surface area (Å²) in [5, 5.41) is 0. The molecule has 16 heavy (non-hydrogen) atoms. The van der Waals surface area contributed by atoms with E-state index in [9.17, 15) is 0 Å². The highest BCUT2D eigenvalue weighted by atomic mass is 28.4. The third-order valence-electron chi connectivity index (χ3n) is 3.76. The van der Waals surface area contributed by atoms with Crippen molar-refractivity contribution >= 4 is 16.9 Å². The van der Waals surface area contributed by atoms with Gasteiger partial charge in [0.15, 0.2) is 8.32 Å². The lowest BCUT2D eigenvalue weighted by atomic mass is 10.9. The monoisotopic (exact) mass is 264 g/mol. The van der Waals surface area contributed by atoms with Gasteiger partial charge in [0.25, 0.3) is 0 Å². The highest BCUT2D eigenvalue weighted by molar-refractivity contribution is 6.73. The second-order valence-electron chi connectivity index (χ2n) is 4.38. The van der Waals surface area contributed by atoms with E-state index in [2.05, 4.69) is 27.3 Å². The molecular weight excluding hydrogens is 236 g/mol. The molecule has 0 rings (SSSR count). The molecule has 0 aliphatic carbocycles. The first-order valence-corrected chi connectivity index (χ1v) is 11.3. The largest absolute Gasteiger partial charge is 0.417 e. The molecule has 0 atom stereocenters. The van der Waals surface area contributed by atoms with Gasteiger partial charge in [-0.05, 0) is 24.7 Å². The Hall–Kier alpha value is 0.314. The fourth-order valence-corrected chi connectivity index (χ4v) is 5.70. The quantitative estimate of drug-likeness (QED) is 0.598. The SMILES string of the molecule is CC[Si](CC)(CC)OCC[Si](C)(OC)OC. The van der Waals surface area contributed by atoms with E-state index in [1.807, 2.05) is 0 Å². The van der Waals surface area contributed by atoms with Crippen LogP contribution in [0, 0.1) is 0 Å². The van der Waals surface area contributed by atoms with E-state index in [4.69, 9.17) is 13.3 Å². The molecule has 0 heterocycles. The van der Waals surface area contributed by atoms with Crippen LogP contribution in [-0.2, 0) is 13.3 Å². The number of hydrogen-bond donors (Lipinski definition) is 0. The minimum absolute atomic E-state index is 0.798. The van der Waals surface area contributed by atoms with Crippen LogP contribution in [0.5, 0.6) is 0 Å². The van der Waals surface area contributed by atoms with Crippen molar-refractivity contribution in [2.24, 2.45) is 0 Å². The molecule has 0 aromatic heterocycles. The molecule has 0 aliphatic rings.